The number of methoxy groups -OCH3 is 1. The molecule has 11 heteroatoms. The van der Waals surface area contributed by atoms with E-state index in [2.05, 4.69) is 5.32 Å². The van der Waals surface area contributed by atoms with Crippen LogP contribution in [-0.2, 0) is 11.3 Å². The number of aromatic nitrogens is 1. The van der Waals surface area contributed by atoms with Gasteiger partial charge in [-0.1, -0.05) is 29.8 Å². The highest BCUT2D eigenvalue weighted by atomic mass is 35.5. The van der Waals surface area contributed by atoms with Gasteiger partial charge in [0, 0.05) is 38.0 Å². The molecule has 2 aromatic rings. The SMILES string of the molecule is CO[C@@H]1C=C[C@H](C)N2C[C@H]1n1cc(C(=O)NCc3ccc(F)c(Cl)c3F)c(=O)c(O)c1C2=O. The topological polar surface area (TPSA) is 101 Å². The highest BCUT2D eigenvalue weighted by Gasteiger charge is 2.41. The molecule has 3 heterocycles. The molecule has 0 spiro atoms. The number of hydrogen-bond donors (Lipinski definition) is 2. The second-order valence-electron chi connectivity index (χ2n) is 7.84. The standard InChI is InChI=1S/C22H20ClF2N3O5/c1-10-3-6-15(33-2)14-9-27(10)22(32)18-20(30)19(29)12(8-28(14)18)21(31)26-7-11-4-5-13(24)16(23)17(11)25/h3-6,8,10,14-15,30H,7,9H2,1-2H3,(H,26,31)/t10-,14+,15+/m0/s1. The van der Waals surface area contributed by atoms with Crippen molar-refractivity contribution in [1.82, 2.24) is 14.8 Å². The van der Waals surface area contributed by atoms with Crippen molar-refractivity contribution >= 4 is 23.4 Å². The predicted molar refractivity (Wildman–Crippen MR) is 114 cm³/mol. The number of pyridine rings is 1. The summed E-state index contributed by atoms with van der Waals surface area (Å²) in [5.41, 5.74) is -1.81. The molecule has 8 nitrogen and oxygen atoms in total. The minimum absolute atomic E-state index is 0.0924. The number of nitrogens with zero attached hydrogens (tertiary/aromatic N) is 2. The first-order valence-electron chi connectivity index (χ1n) is 10.1. The van der Waals surface area contributed by atoms with E-state index in [1.54, 1.807) is 19.1 Å². The van der Waals surface area contributed by atoms with Crippen LogP contribution in [-0.4, -0.2) is 52.2 Å². The van der Waals surface area contributed by atoms with E-state index in [-0.39, 0.29) is 30.4 Å². The minimum atomic E-state index is -1.04. The third-order valence-corrected chi connectivity index (χ3v) is 6.28. The average molecular weight is 480 g/mol. The third kappa shape index (κ3) is 3.79. The van der Waals surface area contributed by atoms with Gasteiger partial charge < -0.3 is 24.6 Å². The van der Waals surface area contributed by atoms with E-state index in [9.17, 15) is 28.3 Å². The molecule has 33 heavy (non-hydrogen) atoms. The third-order valence-electron chi connectivity index (χ3n) is 5.94. The van der Waals surface area contributed by atoms with Crippen LogP contribution in [0.2, 0.25) is 5.02 Å². The fraction of sp³-hybridized carbons (Fsp3) is 0.318. The molecule has 0 fully saturated rings. The highest BCUT2D eigenvalue weighted by Crippen LogP contribution is 2.33. The molecule has 1 aromatic heterocycles. The van der Waals surface area contributed by atoms with Crippen molar-refractivity contribution in [3.63, 3.8) is 0 Å². The summed E-state index contributed by atoms with van der Waals surface area (Å²) in [5.74, 6) is -4.30. The maximum atomic E-state index is 14.1. The molecule has 0 saturated heterocycles. The van der Waals surface area contributed by atoms with Gasteiger partial charge in [-0.3, -0.25) is 14.4 Å². The van der Waals surface area contributed by atoms with Gasteiger partial charge in [-0.05, 0) is 13.0 Å². The predicted octanol–water partition coefficient (Wildman–Crippen LogP) is 2.39. The van der Waals surface area contributed by atoms with Crippen LogP contribution >= 0.6 is 11.6 Å². The number of hydrogen-bond acceptors (Lipinski definition) is 5. The Labute approximate surface area is 192 Å². The Hall–Kier alpha value is -3.24. The van der Waals surface area contributed by atoms with E-state index in [0.29, 0.717) is 0 Å². The molecule has 0 unspecified atom stereocenters. The van der Waals surface area contributed by atoms with Crippen LogP contribution < -0.4 is 10.7 Å². The number of halogens is 3. The average Bonchev–Trinajstić information content (AvgIpc) is 2.94. The van der Waals surface area contributed by atoms with E-state index in [1.165, 1.54) is 22.8 Å². The van der Waals surface area contributed by atoms with Gasteiger partial charge >= 0.3 is 0 Å². The van der Waals surface area contributed by atoms with Crippen LogP contribution in [0.1, 0.15) is 39.4 Å². The molecule has 0 saturated carbocycles. The molecule has 1 aromatic carbocycles. The van der Waals surface area contributed by atoms with E-state index in [0.717, 1.165) is 12.1 Å². The van der Waals surface area contributed by atoms with Gasteiger partial charge in [-0.25, -0.2) is 8.78 Å². The van der Waals surface area contributed by atoms with E-state index < -0.39 is 57.4 Å². The summed E-state index contributed by atoms with van der Waals surface area (Å²) in [6, 6.07) is 1.28. The molecular weight excluding hydrogens is 460 g/mol. The quantitative estimate of drug-likeness (QED) is 0.518. The summed E-state index contributed by atoms with van der Waals surface area (Å²) < 4.78 is 34.4. The van der Waals surface area contributed by atoms with Crippen molar-refractivity contribution in [2.75, 3.05) is 13.7 Å². The maximum absolute atomic E-state index is 14.1. The normalized spacial score (nSPS) is 21.5. The van der Waals surface area contributed by atoms with Crippen molar-refractivity contribution < 1.29 is 28.2 Å². The van der Waals surface area contributed by atoms with Crippen LogP contribution in [0.15, 0.2) is 35.3 Å². The fourth-order valence-electron chi connectivity index (χ4n) is 4.09. The lowest BCUT2D eigenvalue weighted by Gasteiger charge is -2.38. The summed E-state index contributed by atoms with van der Waals surface area (Å²) in [7, 11) is 1.49. The summed E-state index contributed by atoms with van der Waals surface area (Å²) in [6.45, 7) is 1.65. The first kappa shape index (κ1) is 22.9. The largest absolute Gasteiger partial charge is 0.503 e. The monoisotopic (exact) mass is 479 g/mol. The second kappa shape index (κ2) is 8.60. The Bertz CT molecular complexity index is 1250. The van der Waals surface area contributed by atoms with Crippen molar-refractivity contribution in [3.05, 3.63) is 74.2 Å². The number of amides is 2. The number of ether oxygens (including phenoxy) is 1. The van der Waals surface area contributed by atoms with Crippen LogP contribution in [0.3, 0.4) is 0 Å². The number of carbonyl (C=O) groups is 2. The molecule has 4 rings (SSSR count). The molecule has 2 aliphatic rings. The van der Waals surface area contributed by atoms with E-state index in [4.69, 9.17) is 16.3 Å². The first-order chi connectivity index (χ1) is 15.6. The van der Waals surface area contributed by atoms with Crippen LogP contribution in [0.5, 0.6) is 5.75 Å². The van der Waals surface area contributed by atoms with Crippen LogP contribution in [0.25, 0.3) is 0 Å². The fourth-order valence-corrected chi connectivity index (χ4v) is 4.27. The summed E-state index contributed by atoms with van der Waals surface area (Å²) in [5, 5.41) is 12.2. The van der Waals surface area contributed by atoms with Gasteiger partial charge in [0.25, 0.3) is 11.8 Å². The van der Waals surface area contributed by atoms with Gasteiger partial charge in [0.1, 0.15) is 22.2 Å². The molecule has 2 bridgehead atoms. The van der Waals surface area contributed by atoms with Gasteiger partial charge in [-0.2, -0.15) is 0 Å². The lowest BCUT2D eigenvalue weighted by molar-refractivity contribution is 0.0435. The smallest absolute Gasteiger partial charge is 0.275 e. The second-order valence-corrected chi connectivity index (χ2v) is 8.22. The molecule has 2 N–H and O–H groups in total. The first-order valence-corrected chi connectivity index (χ1v) is 10.4. The number of benzene rings is 1. The van der Waals surface area contributed by atoms with Crippen molar-refractivity contribution in [3.8, 4) is 5.75 Å². The van der Waals surface area contributed by atoms with Gasteiger partial charge in [-0.15, -0.1) is 0 Å². The molecule has 2 amide bonds. The Morgan fingerprint density at radius 2 is 2.03 bits per heavy atom. The van der Waals surface area contributed by atoms with Gasteiger partial charge in [0.05, 0.1) is 12.1 Å². The molecular formula is C22H20ClF2N3O5. The molecule has 0 radical (unpaired) electrons. The lowest BCUT2D eigenvalue weighted by Crippen LogP contribution is -2.49. The van der Waals surface area contributed by atoms with Gasteiger partial charge in [0.2, 0.25) is 5.43 Å². The van der Waals surface area contributed by atoms with E-state index >= 15 is 0 Å². The highest BCUT2D eigenvalue weighted by molar-refractivity contribution is 6.30. The molecule has 174 valence electrons. The molecule has 0 aliphatic carbocycles. The van der Waals surface area contributed by atoms with Crippen LogP contribution in [0.4, 0.5) is 8.78 Å². The zero-order valence-electron chi connectivity index (χ0n) is 17.6. The maximum Gasteiger partial charge on any atom is 0.275 e. The lowest BCUT2D eigenvalue weighted by atomic mass is 10.0. The Balaban J connectivity index is 1.71. The number of fused-ring (bicyclic) bond motifs is 4. The van der Waals surface area contributed by atoms with Gasteiger partial charge in [0.15, 0.2) is 11.4 Å². The zero-order chi connectivity index (χ0) is 24.0. The minimum Gasteiger partial charge on any atom is -0.503 e. The summed E-state index contributed by atoms with van der Waals surface area (Å²) in [4.78, 5) is 40.0. The number of aromatic hydroxyl groups is 1. The zero-order valence-corrected chi connectivity index (χ0v) is 18.4. The number of nitrogens with one attached hydrogen (secondary N) is 1. The van der Waals surface area contributed by atoms with Crippen LogP contribution in [0, 0.1) is 11.6 Å². The van der Waals surface area contributed by atoms with E-state index in [1.807, 2.05) is 0 Å². The Kier molecular flexibility index (Phi) is 5.98. The molecule has 2 aliphatic heterocycles. The summed E-state index contributed by atoms with van der Waals surface area (Å²) >= 11 is 5.55. The number of carbonyl (C=O) groups excluding carboxylic acids is 2. The Morgan fingerprint density at radius 3 is 2.73 bits per heavy atom. The Morgan fingerprint density at radius 1 is 1.30 bits per heavy atom. The van der Waals surface area contributed by atoms with Crippen molar-refractivity contribution in [2.24, 2.45) is 0 Å². The number of rotatable bonds is 4. The molecule has 3 atom stereocenters. The summed E-state index contributed by atoms with van der Waals surface area (Å²) in [6.07, 6.45) is 4.28. The van der Waals surface area contributed by atoms with Crippen molar-refractivity contribution in [1.29, 1.82) is 0 Å². The van der Waals surface area contributed by atoms with Crippen molar-refractivity contribution in [2.45, 2.75) is 31.7 Å².